The minimum atomic E-state index is 1.12. The van der Waals surface area contributed by atoms with E-state index in [4.69, 9.17) is 0 Å². The number of anilines is 3. The van der Waals surface area contributed by atoms with Crippen LogP contribution in [0, 0.1) is 0 Å². The van der Waals surface area contributed by atoms with Gasteiger partial charge in [0.1, 0.15) is 0 Å². The summed E-state index contributed by atoms with van der Waals surface area (Å²) in [5.41, 5.74) is 10.9. The molecular formula is C56H35NS2. The molecule has 12 rings (SSSR count). The van der Waals surface area contributed by atoms with Crippen LogP contribution in [0.1, 0.15) is 0 Å². The predicted octanol–water partition coefficient (Wildman–Crippen LogP) is 17.2. The van der Waals surface area contributed by atoms with Crippen molar-refractivity contribution in [2.45, 2.75) is 0 Å². The summed E-state index contributed by atoms with van der Waals surface area (Å²) < 4.78 is 5.26. The summed E-state index contributed by atoms with van der Waals surface area (Å²) in [5.74, 6) is 0. The van der Waals surface area contributed by atoms with E-state index < -0.39 is 0 Å². The molecule has 3 heteroatoms. The maximum Gasteiger partial charge on any atom is 0.0718 e. The number of fused-ring (bicyclic) bond motifs is 8. The van der Waals surface area contributed by atoms with Crippen molar-refractivity contribution < 1.29 is 0 Å². The van der Waals surface area contributed by atoms with E-state index in [1.165, 1.54) is 101 Å². The van der Waals surface area contributed by atoms with Gasteiger partial charge in [-0.2, -0.15) is 0 Å². The molecular weight excluding hydrogens is 751 g/mol. The molecule has 1 nitrogen and oxygen atoms in total. The van der Waals surface area contributed by atoms with Crippen LogP contribution in [-0.2, 0) is 0 Å². The van der Waals surface area contributed by atoms with Crippen molar-refractivity contribution in [1.82, 2.24) is 0 Å². The average Bonchev–Trinajstić information content (AvgIpc) is 3.88. The first-order chi connectivity index (χ1) is 29.2. The van der Waals surface area contributed by atoms with Crippen LogP contribution in [0.4, 0.5) is 17.1 Å². The summed E-state index contributed by atoms with van der Waals surface area (Å²) in [7, 11) is 0. The van der Waals surface area contributed by atoms with Gasteiger partial charge in [-0.15, -0.1) is 22.7 Å². The highest BCUT2D eigenvalue weighted by atomic mass is 32.1. The lowest BCUT2D eigenvalue weighted by atomic mass is 9.94. The molecule has 10 aromatic carbocycles. The SMILES string of the molecule is c1ccc(-c2ccccc2-c2ccc(N(c3ccc4cc(-c5cccc6c5sc5ccccc56)ccc4c3)c3c4ccccc4cc4c3sc3ccccc34)cc2)cc1. The van der Waals surface area contributed by atoms with Crippen molar-refractivity contribution in [3.8, 4) is 33.4 Å². The third-order valence-electron chi connectivity index (χ3n) is 11.8. The smallest absolute Gasteiger partial charge is 0.0718 e. The zero-order valence-corrected chi connectivity index (χ0v) is 33.6. The molecule has 0 amide bonds. The van der Waals surface area contributed by atoms with Crippen LogP contribution in [0.3, 0.4) is 0 Å². The molecule has 0 radical (unpaired) electrons. The standard InChI is InChI=1S/C56H35NS2/c1-2-13-36(14-3-1)44-16-6-7-17-45(44)37-27-30-42(31-28-37)57(54-46-18-5-4-15-40(46)35-51-49-20-9-11-24-53(49)59-56(51)54)43-32-29-38-33-41(26-25-39(38)34-43)47-21-12-22-50-48-19-8-10-23-52(48)58-55(47)50/h1-35H. The quantitative estimate of drug-likeness (QED) is 0.162. The van der Waals surface area contributed by atoms with Gasteiger partial charge in [-0.05, 0) is 98.1 Å². The fourth-order valence-electron chi connectivity index (χ4n) is 9.04. The molecule has 59 heavy (non-hydrogen) atoms. The lowest BCUT2D eigenvalue weighted by Gasteiger charge is -2.28. The first-order valence-electron chi connectivity index (χ1n) is 20.1. The predicted molar refractivity (Wildman–Crippen MR) is 258 cm³/mol. The van der Waals surface area contributed by atoms with Gasteiger partial charge in [-0.25, -0.2) is 0 Å². The molecule has 0 aliphatic carbocycles. The molecule has 0 N–H and O–H groups in total. The molecule has 276 valence electrons. The largest absolute Gasteiger partial charge is 0.308 e. The van der Waals surface area contributed by atoms with E-state index >= 15 is 0 Å². The van der Waals surface area contributed by atoms with Gasteiger partial charge in [0, 0.05) is 52.4 Å². The average molecular weight is 786 g/mol. The van der Waals surface area contributed by atoms with Gasteiger partial charge < -0.3 is 4.90 Å². The fourth-order valence-corrected chi connectivity index (χ4v) is 11.5. The van der Waals surface area contributed by atoms with Crippen LogP contribution >= 0.6 is 22.7 Å². The normalized spacial score (nSPS) is 11.7. The second-order valence-corrected chi connectivity index (χ2v) is 17.3. The van der Waals surface area contributed by atoms with Crippen LogP contribution in [0.2, 0.25) is 0 Å². The van der Waals surface area contributed by atoms with E-state index in [-0.39, 0.29) is 0 Å². The molecule has 0 aliphatic rings. The molecule has 0 atom stereocenters. The molecule has 0 bridgehead atoms. The number of nitrogens with zero attached hydrogens (tertiary/aromatic N) is 1. The van der Waals surface area contributed by atoms with Crippen molar-refractivity contribution in [3.05, 3.63) is 212 Å². The van der Waals surface area contributed by atoms with E-state index in [0.717, 1.165) is 11.4 Å². The summed E-state index contributed by atoms with van der Waals surface area (Å²) in [6.07, 6.45) is 0. The Bertz CT molecular complexity index is 3560. The molecule has 12 aromatic rings. The van der Waals surface area contributed by atoms with Crippen LogP contribution in [-0.4, -0.2) is 0 Å². The summed E-state index contributed by atoms with van der Waals surface area (Å²) >= 11 is 3.77. The topological polar surface area (TPSA) is 3.24 Å². The van der Waals surface area contributed by atoms with Gasteiger partial charge in [0.05, 0.1) is 10.4 Å². The van der Waals surface area contributed by atoms with Crippen LogP contribution in [0.5, 0.6) is 0 Å². The lowest BCUT2D eigenvalue weighted by molar-refractivity contribution is 1.32. The zero-order chi connectivity index (χ0) is 38.9. The summed E-state index contributed by atoms with van der Waals surface area (Å²) in [5, 5.41) is 10.1. The maximum atomic E-state index is 2.50. The third kappa shape index (κ3) is 5.66. The number of rotatable bonds is 6. The van der Waals surface area contributed by atoms with Gasteiger partial charge in [0.2, 0.25) is 0 Å². The van der Waals surface area contributed by atoms with Crippen molar-refractivity contribution in [2.75, 3.05) is 4.90 Å². The first kappa shape index (κ1) is 34.0. The van der Waals surface area contributed by atoms with Crippen LogP contribution in [0.15, 0.2) is 212 Å². The second-order valence-electron chi connectivity index (χ2n) is 15.2. The fraction of sp³-hybridized carbons (Fsp3) is 0. The van der Waals surface area contributed by atoms with Gasteiger partial charge in [0.25, 0.3) is 0 Å². The number of benzene rings is 10. The van der Waals surface area contributed by atoms with Crippen molar-refractivity contribution in [1.29, 1.82) is 0 Å². The van der Waals surface area contributed by atoms with Gasteiger partial charge in [-0.1, -0.05) is 164 Å². The van der Waals surface area contributed by atoms with Crippen LogP contribution < -0.4 is 4.90 Å². The Kier molecular flexibility index (Phi) is 7.97. The molecule has 0 aliphatic heterocycles. The Morgan fingerprint density at radius 1 is 0.288 bits per heavy atom. The highest BCUT2D eigenvalue weighted by molar-refractivity contribution is 7.26. The second kappa shape index (κ2) is 13.8. The van der Waals surface area contributed by atoms with Gasteiger partial charge >= 0.3 is 0 Å². The molecule has 0 saturated heterocycles. The van der Waals surface area contributed by atoms with E-state index in [1.807, 2.05) is 22.7 Å². The molecule has 2 aromatic heterocycles. The van der Waals surface area contributed by atoms with Gasteiger partial charge in [-0.3, -0.25) is 0 Å². The Labute approximate surface area is 350 Å². The minimum absolute atomic E-state index is 1.12. The Morgan fingerprint density at radius 3 is 1.61 bits per heavy atom. The number of hydrogen-bond donors (Lipinski definition) is 0. The Morgan fingerprint density at radius 2 is 0.831 bits per heavy atom. The molecule has 0 spiro atoms. The third-order valence-corrected chi connectivity index (χ3v) is 14.2. The summed E-state index contributed by atoms with van der Waals surface area (Å²) in [4.78, 5) is 2.50. The van der Waals surface area contributed by atoms with E-state index in [9.17, 15) is 0 Å². The van der Waals surface area contributed by atoms with Gasteiger partial charge in [0.15, 0.2) is 0 Å². The van der Waals surface area contributed by atoms with E-state index in [1.54, 1.807) is 0 Å². The molecule has 2 heterocycles. The van der Waals surface area contributed by atoms with E-state index in [0.29, 0.717) is 0 Å². The van der Waals surface area contributed by atoms with Crippen LogP contribution in [0.25, 0.3) is 95.3 Å². The highest BCUT2D eigenvalue weighted by Gasteiger charge is 2.22. The monoisotopic (exact) mass is 785 g/mol. The van der Waals surface area contributed by atoms with Crippen molar-refractivity contribution in [3.63, 3.8) is 0 Å². The first-order valence-corrected chi connectivity index (χ1v) is 21.7. The molecule has 0 unspecified atom stereocenters. The number of thiophene rings is 2. The molecule has 0 saturated carbocycles. The Hall–Kier alpha value is -7.04. The zero-order valence-electron chi connectivity index (χ0n) is 32.0. The minimum Gasteiger partial charge on any atom is -0.308 e. The molecule has 0 fully saturated rings. The van der Waals surface area contributed by atoms with Crippen molar-refractivity contribution in [2.24, 2.45) is 0 Å². The number of hydrogen-bond acceptors (Lipinski definition) is 3. The summed E-state index contributed by atoms with van der Waals surface area (Å²) in [6.45, 7) is 0. The van der Waals surface area contributed by atoms with E-state index in [2.05, 4.69) is 217 Å². The summed E-state index contributed by atoms with van der Waals surface area (Å²) in [6, 6.07) is 78.1. The lowest BCUT2D eigenvalue weighted by Crippen LogP contribution is -2.11. The van der Waals surface area contributed by atoms with Crippen molar-refractivity contribution >= 4 is 102 Å². The maximum absolute atomic E-state index is 2.50. The highest BCUT2D eigenvalue weighted by Crippen LogP contribution is 2.50. The Balaban J connectivity index is 1.05.